The predicted molar refractivity (Wildman–Crippen MR) is 73.5 cm³/mol. The first-order chi connectivity index (χ1) is 8.72. The van der Waals surface area contributed by atoms with E-state index < -0.39 is 0 Å². The van der Waals surface area contributed by atoms with Gasteiger partial charge in [0.1, 0.15) is 0 Å². The lowest BCUT2D eigenvalue weighted by atomic mass is 9.97. The number of nitrogens with one attached hydrogen (secondary N) is 1. The third kappa shape index (κ3) is 2.74. The minimum Gasteiger partial charge on any atom is -0.306 e. The summed E-state index contributed by atoms with van der Waals surface area (Å²) in [7, 11) is 0. The van der Waals surface area contributed by atoms with Gasteiger partial charge in [-0.1, -0.05) is 37.3 Å². The second-order valence-corrected chi connectivity index (χ2v) is 4.43. The molecule has 0 aliphatic heterocycles. The van der Waals surface area contributed by atoms with Crippen LogP contribution in [0.2, 0.25) is 0 Å². The van der Waals surface area contributed by atoms with Crippen LogP contribution < -0.4 is 5.32 Å². The summed E-state index contributed by atoms with van der Waals surface area (Å²) < 4.78 is 0. The average molecular weight is 241 g/mol. The van der Waals surface area contributed by atoms with E-state index >= 15 is 0 Å². The largest absolute Gasteiger partial charge is 0.306 e. The zero-order valence-electron chi connectivity index (χ0n) is 11.1. The van der Waals surface area contributed by atoms with Crippen LogP contribution in [0.1, 0.15) is 35.5 Å². The van der Waals surface area contributed by atoms with Gasteiger partial charge in [-0.05, 0) is 37.6 Å². The molecule has 0 saturated carbocycles. The lowest BCUT2D eigenvalue weighted by Gasteiger charge is -2.20. The van der Waals surface area contributed by atoms with Crippen LogP contribution in [0.5, 0.6) is 0 Å². The highest BCUT2D eigenvalue weighted by Gasteiger charge is 2.16. The summed E-state index contributed by atoms with van der Waals surface area (Å²) >= 11 is 0. The fourth-order valence-corrected chi connectivity index (χ4v) is 2.12. The lowest BCUT2D eigenvalue weighted by molar-refractivity contribution is 0.620. The smallest absolute Gasteiger partial charge is 0.0651 e. The Morgan fingerprint density at radius 2 is 1.83 bits per heavy atom. The molecule has 1 N–H and O–H groups in total. The van der Waals surface area contributed by atoms with Gasteiger partial charge in [0.05, 0.1) is 17.4 Å². The van der Waals surface area contributed by atoms with E-state index in [2.05, 4.69) is 52.8 Å². The van der Waals surface area contributed by atoms with Crippen LogP contribution in [0.3, 0.4) is 0 Å². The molecule has 1 unspecified atom stereocenters. The van der Waals surface area contributed by atoms with Crippen LogP contribution in [0.25, 0.3) is 0 Å². The Bertz CT molecular complexity index is 508. The van der Waals surface area contributed by atoms with E-state index in [1.807, 2.05) is 19.9 Å². The molecule has 0 amide bonds. The van der Waals surface area contributed by atoms with E-state index in [0.29, 0.717) is 0 Å². The molecule has 2 aromatic rings. The molecule has 2 rings (SSSR count). The molecule has 0 aliphatic rings. The Morgan fingerprint density at radius 1 is 1.11 bits per heavy atom. The van der Waals surface area contributed by atoms with E-state index in [0.717, 1.165) is 17.9 Å². The third-order valence-electron chi connectivity index (χ3n) is 2.99. The fraction of sp³-hybridized carbons (Fsp3) is 0.333. The van der Waals surface area contributed by atoms with Gasteiger partial charge in [-0.25, -0.2) is 0 Å². The number of rotatable bonds is 4. The molecule has 0 aliphatic carbocycles. The third-order valence-corrected chi connectivity index (χ3v) is 2.99. The summed E-state index contributed by atoms with van der Waals surface area (Å²) in [5, 5.41) is 11.8. The van der Waals surface area contributed by atoms with Gasteiger partial charge in [-0.3, -0.25) is 0 Å². The first-order valence-electron chi connectivity index (χ1n) is 6.31. The highest BCUT2D eigenvalue weighted by atomic mass is 15.1. The van der Waals surface area contributed by atoms with Crippen molar-refractivity contribution in [2.75, 3.05) is 6.54 Å². The van der Waals surface area contributed by atoms with Crippen LogP contribution in [0.15, 0.2) is 36.4 Å². The quantitative estimate of drug-likeness (QED) is 0.894. The fourth-order valence-electron chi connectivity index (χ4n) is 2.12. The monoisotopic (exact) mass is 241 g/mol. The first-order valence-corrected chi connectivity index (χ1v) is 6.31. The number of benzene rings is 1. The normalized spacial score (nSPS) is 12.4. The van der Waals surface area contributed by atoms with Crippen LogP contribution in [0.4, 0.5) is 0 Å². The molecule has 0 radical (unpaired) electrons. The SMILES string of the molecule is CCNC(c1ccccc1)c1cc(C)nnc1C. The van der Waals surface area contributed by atoms with Crippen molar-refractivity contribution in [3.05, 3.63) is 58.9 Å². The van der Waals surface area contributed by atoms with Crippen molar-refractivity contribution in [1.82, 2.24) is 15.5 Å². The minimum absolute atomic E-state index is 0.186. The summed E-state index contributed by atoms with van der Waals surface area (Å²) in [5.41, 5.74) is 4.40. The van der Waals surface area contributed by atoms with Crippen molar-refractivity contribution in [3.63, 3.8) is 0 Å². The van der Waals surface area contributed by atoms with Crippen molar-refractivity contribution in [2.45, 2.75) is 26.8 Å². The molecule has 94 valence electrons. The van der Waals surface area contributed by atoms with E-state index in [4.69, 9.17) is 0 Å². The zero-order valence-corrected chi connectivity index (χ0v) is 11.1. The molecule has 1 atom stereocenters. The summed E-state index contributed by atoms with van der Waals surface area (Å²) in [4.78, 5) is 0. The van der Waals surface area contributed by atoms with E-state index in [1.54, 1.807) is 0 Å². The molecule has 3 heteroatoms. The highest BCUT2D eigenvalue weighted by Crippen LogP contribution is 2.23. The van der Waals surface area contributed by atoms with Crippen molar-refractivity contribution in [3.8, 4) is 0 Å². The van der Waals surface area contributed by atoms with E-state index in [-0.39, 0.29) is 6.04 Å². The highest BCUT2D eigenvalue weighted by molar-refractivity contribution is 5.34. The van der Waals surface area contributed by atoms with Gasteiger partial charge in [0, 0.05) is 0 Å². The molecule has 3 nitrogen and oxygen atoms in total. The summed E-state index contributed by atoms with van der Waals surface area (Å²) in [5.74, 6) is 0. The summed E-state index contributed by atoms with van der Waals surface area (Å²) in [6, 6.07) is 12.8. The minimum atomic E-state index is 0.186. The van der Waals surface area contributed by atoms with Gasteiger partial charge in [0.25, 0.3) is 0 Å². The van der Waals surface area contributed by atoms with Gasteiger partial charge >= 0.3 is 0 Å². The van der Waals surface area contributed by atoms with E-state index in [1.165, 1.54) is 11.1 Å². The number of aromatic nitrogens is 2. The molecule has 0 spiro atoms. The first kappa shape index (κ1) is 12.7. The number of hydrogen-bond donors (Lipinski definition) is 1. The number of aryl methyl sites for hydroxylation is 2. The van der Waals surface area contributed by atoms with Crippen LogP contribution in [0, 0.1) is 13.8 Å². The van der Waals surface area contributed by atoms with Gasteiger partial charge in [0.2, 0.25) is 0 Å². The topological polar surface area (TPSA) is 37.8 Å². The maximum absolute atomic E-state index is 4.22. The molecule has 1 aromatic heterocycles. The molecule has 1 aromatic carbocycles. The summed E-state index contributed by atoms with van der Waals surface area (Å²) in [6.45, 7) is 7.02. The Balaban J connectivity index is 2.44. The molecular formula is C15H19N3. The Morgan fingerprint density at radius 3 is 2.50 bits per heavy atom. The Labute approximate surface area is 108 Å². The predicted octanol–water partition coefficient (Wildman–Crippen LogP) is 2.79. The van der Waals surface area contributed by atoms with Crippen LogP contribution >= 0.6 is 0 Å². The molecular weight excluding hydrogens is 222 g/mol. The zero-order chi connectivity index (χ0) is 13.0. The van der Waals surface area contributed by atoms with Crippen molar-refractivity contribution < 1.29 is 0 Å². The summed E-state index contributed by atoms with van der Waals surface area (Å²) in [6.07, 6.45) is 0. The standard InChI is InChI=1S/C15H19N3/c1-4-16-15(13-8-6-5-7-9-13)14-10-11(2)17-18-12(14)3/h5-10,15-16H,4H2,1-3H3. The number of nitrogens with zero attached hydrogens (tertiary/aromatic N) is 2. The van der Waals surface area contributed by atoms with Gasteiger partial charge in [-0.15, -0.1) is 0 Å². The van der Waals surface area contributed by atoms with Gasteiger partial charge in [-0.2, -0.15) is 10.2 Å². The van der Waals surface area contributed by atoms with Crippen LogP contribution in [-0.2, 0) is 0 Å². The molecule has 0 saturated heterocycles. The molecule has 0 bridgehead atoms. The Hall–Kier alpha value is -1.74. The maximum atomic E-state index is 4.22. The second-order valence-electron chi connectivity index (χ2n) is 4.43. The second kappa shape index (κ2) is 5.74. The molecule has 0 fully saturated rings. The lowest BCUT2D eigenvalue weighted by Crippen LogP contribution is -2.23. The molecule has 1 heterocycles. The average Bonchev–Trinajstić information content (AvgIpc) is 2.40. The Kier molecular flexibility index (Phi) is 4.05. The van der Waals surface area contributed by atoms with Gasteiger partial charge < -0.3 is 5.32 Å². The van der Waals surface area contributed by atoms with Gasteiger partial charge in [0.15, 0.2) is 0 Å². The van der Waals surface area contributed by atoms with E-state index in [9.17, 15) is 0 Å². The van der Waals surface area contributed by atoms with Crippen molar-refractivity contribution >= 4 is 0 Å². The van der Waals surface area contributed by atoms with Crippen LogP contribution in [-0.4, -0.2) is 16.7 Å². The number of hydrogen-bond acceptors (Lipinski definition) is 3. The maximum Gasteiger partial charge on any atom is 0.0651 e. The molecule has 18 heavy (non-hydrogen) atoms. The van der Waals surface area contributed by atoms with Crippen molar-refractivity contribution in [1.29, 1.82) is 0 Å². The van der Waals surface area contributed by atoms with Crippen molar-refractivity contribution in [2.24, 2.45) is 0 Å².